The number of rotatable bonds is 7. The van der Waals surface area contributed by atoms with Crippen LogP contribution in [0.4, 0.5) is 10.8 Å². The van der Waals surface area contributed by atoms with Gasteiger partial charge < -0.3 is 11.1 Å². The van der Waals surface area contributed by atoms with Gasteiger partial charge in [-0.25, -0.2) is 8.42 Å². The molecule has 0 amide bonds. The molecule has 0 aromatic carbocycles. The molecular weight excluding hydrogens is 282 g/mol. The molecule has 5 nitrogen and oxygen atoms in total. The van der Waals surface area contributed by atoms with Gasteiger partial charge in [0.05, 0.1) is 5.75 Å². The number of hydrogen-bond acceptors (Lipinski definition) is 6. The first kappa shape index (κ1) is 14.6. The van der Waals surface area contributed by atoms with Gasteiger partial charge in [-0.1, -0.05) is 13.8 Å². The molecule has 1 fully saturated rings. The van der Waals surface area contributed by atoms with Gasteiger partial charge in [0.2, 0.25) is 0 Å². The molecule has 1 heterocycles. The molecule has 1 aromatic rings. The standard InChI is InChI=1S/C12H21N3O2S2/c1-3-7-19(16,17)9-10(13)15-18-11(9)14-8-12(4-2)5-6-12/h14H,3-8H2,1-2H3,(H2,13,15). The zero-order valence-corrected chi connectivity index (χ0v) is 13.0. The molecule has 0 bridgehead atoms. The molecule has 2 rings (SSSR count). The minimum absolute atomic E-state index is 0.114. The number of anilines is 2. The first-order chi connectivity index (χ1) is 8.94. The Morgan fingerprint density at radius 2 is 2.11 bits per heavy atom. The van der Waals surface area contributed by atoms with E-state index in [0.717, 1.165) is 24.5 Å². The van der Waals surface area contributed by atoms with Gasteiger partial charge in [0.1, 0.15) is 9.90 Å². The van der Waals surface area contributed by atoms with Crippen molar-refractivity contribution < 1.29 is 8.42 Å². The van der Waals surface area contributed by atoms with Crippen LogP contribution in [0.25, 0.3) is 0 Å². The quantitative estimate of drug-likeness (QED) is 0.808. The van der Waals surface area contributed by atoms with Crippen LogP contribution >= 0.6 is 11.5 Å². The van der Waals surface area contributed by atoms with E-state index in [-0.39, 0.29) is 16.5 Å². The van der Waals surface area contributed by atoms with Crippen LogP contribution in [-0.2, 0) is 9.84 Å². The van der Waals surface area contributed by atoms with Crippen molar-refractivity contribution in [1.82, 2.24) is 4.37 Å². The summed E-state index contributed by atoms with van der Waals surface area (Å²) in [6.45, 7) is 4.82. The average Bonchev–Trinajstić information content (AvgIpc) is 3.04. The molecule has 108 valence electrons. The molecule has 0 atom stereocenters. The summed E-state index contributed by atoms with van der Waals surface area (Å²) in [7, 11) is -3.32. The molecule has 1 aliphatic carbocycles. The van der Waals surface area contributed by atoms with Gasteiger partial charge in [-0.2, -0.15) is 4.37 Å². The van der Waals surface area contributed by atoms with E-state index < -0.39 is 9.84 Å². The summed E-state index contributed by atoms with van der Waals surface area (Å²) in [5, 5.41) is 3.85. The number of nitrogens with one attached hydrogen (secondary N) is 1. The maximum absolute atomic E-state index is 12.2. The maximum Gasteiger partial charge on any atom is 0.185 e. The molecule has 1 aliphatic rings. The van der Waals surface area contributed by atoms with Gasteiger partial charge in [0, 0.05) is 6.54 Å². The van der Waals surface area contributed by atoms with Crippen LogP contribution in [0.15, 0.2) is 4.90 Å². The SMILES string of the molecule is CCCS(=O)(=O)c1c(N)nsc1NCC1(CC)CC1. The van der Waals surface area contributed by atoms with E-state index in [0.29, 0.717) is 16.8 Å². The Kier molecular flexibility index (Phi) is 4.06. The van der Waals surface area contributed by atoms with Crippen LogP contribution in [0.5, 0.6) is 0 Å². The van der Waals surface area contributed by atoms with Crippen molar-refractivity contribution in [2.75, 3.05) is 23.3 Å². The molecule has 19 heavy (non-hydrogen) atoms. The Morgan fingerprint density at radius 3 is 2.63 bits per heavy atom. The predicted octanol–water partition coefficient (Wildman–Crippen LogP) is 2.51. The molecule has 0 saturated heterocycles. The highest BCUT2D eigenvalue weighted by molar-refractivity contribution is 7.91. The summed E-state index contributed by atoms with van der Waals surface area (Å²) >= 11 is 1.14. The van der Waals surface area contributed by atoms with E-state index in [1.54, 1.807) is 0 Å². The van der Waals surface area contributed by atoms with E-state index in [1.165, 1.54) is 12.8 Å². The van der Waals surface area contributed by atoms with E-state index in [2.05, 4.69) is 16.6 Å². The summed E-state index contributed by atoms with van der Waals surface area (Å²) < 4.78 is 28.4. The van der Waals surface area contributed by atoms with Crippen LogP contribution in [0, 0.1) is 5.41 Å². The molecule has 0 unspecified atom stereocenters. The van der Waals surface area contributed by atoms with E-state index in [4.69, 9.17) is 5.73 Å². The van der Waals surface area contributed by atoms with Crippen LogP contribution < -0.4 is 11.1 Å². The topological polar surface area (TPSA) is 85.1 Å². The smallest absolute Gasteiger partial charge is 0.185 e. The van der Waals surface area contributed by atoms with Gasteiger partial charge in [-0.05, 0) is 42.6 Å². The second kappa shape index (κ2) is 5.28. The summed E-state index contributed by atoms with van der Waals surface area (Å²) in [6, 6.07) is 0. The molecular formula is C12H21N3O2S2. The lowest BCUT2D eigenvalue weighted by Gasteiger charge is -2.14. The fraction of sp³-hybridized carbons (Fsp3) is 0.750. The van der Waals surface area contributed by atoms with Gasteiger partial charge in [-0.3, -0.25) is 0 Å². The van der Waals surface area contributed by atoms with Crippen LogP contribution in [-0.4, -0.2) is 25.1 Å². The van der Waals surface area contributed by atoms with Crippen molar-refractivity contribution in [3.8, 4) is 0 Å². The molecule has 0 spiro atoms. The van der Waals surface area contributed by atoms with Crippen molar-refractivity contribution in [3.63, 3.8) is 0 Å². The Hall–Kier alpha value is -0.820. The van der Waals surface area contributed by atoms with Crippen molar-refractivity contribution >= 4 is 32.2 Å². The number of hydrogen-bond donors (Lipinski definition) is 2. The zero-order valence-electron chi connectivity index (χ0n) is 11.4. The highest BCUT2D eigenvalue weighted by Gasteiger charge is 2.40. The van der Waals surface area contributed by atoms with Crippen molar-refractivity contribution in [3.05, 3.63) is 0 Å². The fourth-order valence-electron chi connectivity index (χ4n) is 2.18. The van der Waals surface area contributed by atoms with Crippen molar-refractivity contribution in [1.29, 1.82) is 0 Å². The summed E-state index contributed by atoms with van der Waals surface area (Å²) in [5.74, 6) is 0.241. The Morgan fingerprint density at radius 1 is 1.42 bits per heavy atom. The number of aromatic nitrogens is 1. The largest absolute Gasteiger partial charge is 0.382 e. The monoisotopic (exact) mass is 303 g/mol. The summed E-state index contributed by atoms with van der Waals surface area (Å²) in [4.78, 5) is 0.200. The van der Waals surface area contributed by atoms with Gasteiger partial charge in [0.15, 0.2) is 15.7 Å². The third-order valence-corrected chi connectivity index (χ3v) is 6.72. The van der Waals surface area contributed by atoms with E-state index >= 15 is 0 Å². The van der Waals surface area contributed by atoms with Crippen molar-refractivity contribution in [2.24, 2.45) is 5.41 Å². The molecule has 7 heteroatoms. The molecule has 1 aromatic heterocycles. The summed E-state index contributed by atoms with van der Waals surface area (Å²) in [5.41, 5.74) is 6.08. The van der Waals surface area contributed by atoms with Gasteiger partial charge in [0.25, 0.3) is 0 Å². The second-order valence-electron chi connectivity index (χ2n) is 5.25. The normalized spacial score (nSPS) is 17.4. The lowest BCUT2D eigenvalue weighted by Crippen LogP contribution is -2.16. The van der Waals surface area contributed by atoms with E-state index in [1.807, 2.05) is 6.92 Å². The number of nitrogens with two attached hydrogens (primary N) is 1. The Labute approximate surface area is 118 Å². The number of sulfone groups is 1. The van der Waals surface area contributed by atoms with Gasteiger partial charge in [-0.15, -0.1) is 0 Å². The zero-order chi connectivity index (χ0) is 14.1. The molecule has 1 saturated carbocycles. The van der Waals surface area contributed by atoms with Crippen LogP contribution in [0.3, 0.4) is 0 Å². The Balaban J connectivity index is 2.18. The van der Waals surface area contributed by atoms with Crippen LogP contribution in [0.1, 0.15) is 39.5 Å². The highest BCUT2D eigenvalue weighted by Crippen LogP contribution is 2.49. The third kappa shape index (κ3) is 3.02. The number of nitrogens with zero attached hydrogens (tertiary/aromatic N) is 1. The minimum Gasteiger partial charge on any atom is -0.382 e. The predicted molar refractivity (Wildman–Crippen MR) is 79.3 cm³/mol. The number of nitrogen functional groups attached to an aromatic ring is 1. The van der Waals surface area contributed by atoms with Crippen molar-refractivity contribution in [2.45, 2.75) is 44.4 Å². The third-order valence-electron chi connectivity index (χ3n) is 3.79. The first-order valence-electron chi connectivity index (χ1n) is 6.66. The average molecular weight is 303 g/mol. The minimum atomic E-state index is -3.32. The van der Waals surface area contributed by atoms with Gasteiger partial charge >= 0.3 is 0 Å². The fourth-order valence-corrected chi connectivity index (χ4v) is 4.79. The highest BCUT2D eigenvalue weighted by atomic mass is 32.2. The first-order valence-corrected chi connectivity index (χ1v) is 9.08. The molecule has 0 radical (unpaired) electrons. The van der Waals surface area contributed by atoms with Crippen LogP contribution in [0.2, 0.25) is 0 Å². The Bertz CT molecular complexity index is 547. The second-order valence-corrected chi connectivity index (χ2v) is 8.07. The van der Waals surface area contributed by atoms with E-state index in [9.17, 15) is 8.42 Å². The summed E-state index contributed by atoms with van der Waals surface area (Å²) in [6.07, 6.45) is 4.12. The lowest BCUT2D eigenvalue weighted by molar-refractivity contribution is 0.521. The molecule has 3 N–H and O–H groups in total. The molecule has 0 aliphatic heterocycles. The lowest BCUT2D eigenvalue weighted by atomic mass is 10.0. The maximum atomic E-state index is 12.2.